The van der Waals surface area contributed by atoms with Crippen molar-refractivity contribution in [3.8, 4) is 0 Å². The third-order valence-corrected chi connectivity index (χ3v) is 6.22. The molecule has 0 amide bonds. The summed E-state index contributed by atoms with van der Waals surface area (Å²) in [5, 5.41) is 5.93. The molecule has 4 N–H and O–H groups in total. The van der Waals surface area contributed by atoms with Crippen molar-refractivity contribution in [3.05, 3.63) is 48.5 Å². The molecular weight excluding hydrogens is 472 g/mol. The molecule has 0 aliphatic heterocycles. The van der Waals surface area contributed by atoms with E-state index in [0.717, 1.165) is 0 Å². The largest absolute Gasteiger partial charge is 0.341 e. The van der Waals surface area contributed by atoms with E-state index in [1.165, 1.54) is 48.5 Å². The summed E-state index contributed by atoms with van der Waals surface area (Å²) in [5.41, 5.74) is 0.949. The molecule has 14 heteroatoms. The van der Waals surface area contributed by atoms with Crippen LogP contribution in [0.15, 0.2) is 58.3 Å². The number of anilines is 5. The molecule has 2 aromatic carbocycles. The summed E-state index contributed by atoms with van der Waals surface area (Å²) < 4.78 is 63.1. The number of benzene rings is 2. The lowest BCUT2D eigenvalue weighted by atomic mass is 10.3. The molecule has 0 atom stereocenters. The average molecular weight is 495 g/mol. The molecule has 0 aliphatic rings. The van der Waals surface area contributed by atoms with E-state index < -0.39 is 20.2 Å². The quantitative estimate of drug-likeness (QED) is 0.321. The Morgan fingerprint density at radius 1 is 0.697 bits per heavy atom. The van der Waals surface area contributed by atoms with Gasteiger partial charge in [0.25, 0.3) is 20.2 Å². The Hall–Kier alpha value is -3.33. The van der Waals surface area contributed by atoms with Gasteiger partial charge in [-0.15, -0.1) is 0 Å². The Labute approximate surface area is 191 Å². The summed E-state index contributed by atoms with van der Waals surface area (Å²) in [7, 11) is -8.62. The van der Waals surface area contributed by atoms with E-state index >= 15 is 0 Å². The van der Waals surface area contributed by atoms with Crippen LogP contribution in [0, 0.1) is 0 Å². The second-order valence-electron chi connectivity index (χ2n) is 6.70. The van der Waals surface area contributed by atoms with Gasteiger partial charge in [0.1, 0.15) is 0 Å². The van der Waals surface area contributed by atoms with Crippen molar-refractivity contribution in [2.75, 3.05) is 28.6 Å². The van der Waals surface area contributed by atoms with Crippen LogP contribution in [0.1, 0.15) is 13.8 Å². The molecule has 3 rings (SSSR count). The van der Waals surface area contributed by atoms with Gasteiger partial charge in [0, 0.05) is 24.5 Å². The zero-order chi connectivity index (χ0) is 24.2. The van der Waals surface area contributed by atoms with Crippen LogP contribution in [0.4, 0.5) is 29.2 Å². The maximum atomic E-state index is 11.2. The van der Waals surface area contributed by atoms with Crippen LogP contribution in [0.3, 0.4) is 0 Å². The molecule has 1 aromatic heterocycles. The van der Waals surface area contributed by atoms with E-state index in [1.54, 1.807) is 0 Å². The minimum atomic E-state index is -4.31. The minimum absolute atomic E-state index is 0.170. The number of aromatic nitrogens is 3. The molecule has 176 valence electrons. The van der Waals surface area contributed by atoms with Gasteiger partial charge in [0.2, 0.25) is 17.8 Å². The third kappa shape index (κ3) is 6.35. The molecule has 0 fully saturated rings. The molecular formula is C19H22N6O6S2. The summed E-state index contributed by atoms with van der Waals surface area (Å²) in [5.74, 6) is 0.719. The summed E-state index contributed by atoms with van der Waals surface area (Å²) in [4.78, 5) is 14.5. The van der Waals surface area contributed by atoms with Crippen molar-refractivity contribution < 1.29 is 25.9 Å². The maximum Gasteiger partial charge on any atom is 0.294 e. The first-order valence-electron chi connectivity index (χ1n) is 9.69. The Kier molecular flexibility index (Phi) is 7.12. The van der Waals surface area contributed by atoms with Gasteiger partial charge in [0.05, 0.1) is 9.79 Å². The van der Waals surface area contributed by atoms with Gasteiger partial charge in [-0.3, -0.25) is 9.11 Å². The number of hydrogen-bond donors (Lipinski definition) is 4. The standard InChI is InChI=1S/C19H22N6O6S2/c1-3-25(4-2)19-23-17(20-13-5-9-15(10-6-13)32(26,27)28)22-18(24-19)21-14-7-11-16(12-8-14)33(29,30)31/h5-12H,3-4H2,1-2H3,(H,26,27,28)(H,29,30,31)(H2,20,21,22,23,24). The van der Waals surface area contributed by atoms with Gasteiger partial charge in [-0.05, 0) is 62.4 Å². The van der Waals surface area contributed by atoms with E-state index in [0.29, 0.717) is 30.4 Å². The average Bonchev–Trinajstić information content (AvgIpc) is 2.74. The van der Waals surface area contributed by atoms with Crippen molar-refractivity contribution in [2.24, 2.45) is 0 Å². The molecule has 33 heavy (non-hydrogen) atoms. The highest BCUT2D eigenvalue weighted by atomic mass is 32.2. The summed E-state index contributed by atoms with van der Waals surface area (Å²) in [6.07, 6.45) is 0. The van der Waals surface area contributed by atoms with Crippen LogP contribution in [0.2, 0.25) is 0 Å². The predicted molar refractivity (Wildman–Crippen MR) is 122 cm³/mol. The number of nitrogens with zero attached hydrogens (tertiary/aromatic N) is 4. The molecule has 0 unspecified atom stereocenters. The first-order valence-corrected chi connectivity index (χ1v) is 12.6. The van der Waals surface area contributed by atoms with E-state index in [1.807, 2.05) is 18.7 Å². The van der Waals surface area contributed by atoms with E-state index in [9.17, 15) is 16.8 Å². The number of hydrogen-bond acceptors (Lipinski definition) is 10. The van der Waals surface area contributed by atoms with Gasteiger partial charge in [0.15, 0.2) is 0 Å². The van der Waals surface area contributed by atoms with Crippen molar-refractivity contribution in [3.63, 3.8) is 0 Å². The monoisotopic (exact) mass is 494 g/mol. The Bertz CT molecular complexity index is 1230. The fourth-order valence-corrected chi connectivity index (χ4v) is 3.76. The van der Waals surface area contributed by atoms with E-state index in [2.05, 4.69) is 25.6 Å². The number of rotatable bonds is 9. The van der Waals surface area contributed by atoms with Gasteiger partial charge in [-0.25, -0.2) is 0 Å². The van der Waals surface area contributed by atoms with Crippen molar-refractivity contribution in [1.29, 1.82) is 0 Å². The van der Waals surface area contributed by atoms with Gasteiger partial charge in [-0.1, -0.05) is 0 Å². The van der Waals surface area contributed by atoms with Gasteiger partial charge < -0.3 is 15.5 Å². The summed E-state index contributed by atoms with van der Waals surface area (Å²) in [6, 6.07) is 10.7. The highest BCUT2D eigenvalue weighted by Crippen LogP contribution is 2.22. The molecule has 0 saturated carbocycles. The van der Waals surface area contributed by atoms with E-state index in [-0.39, 0.29) is 21.7 Å². The molecule has 0 spiro atoms. The van der Waals surface area contributed by atoms with Gasteiger partial charge >= 0.3 is 0 Å². The van der Waals surface area contributed by atoms with Crippen LogP contribution in [0.5, 0.6) is 0 Å². The Morgan fingerprint density at radius 3 is 1.36 bits per heavy atom. The van der Waals surface area contributed by atoms with Crippen LogP contribution >= 0.6 is 0 Å². The Morgan fingerprint density at radius 2 is 1.06 bits per heavy atom. The third-order valence-electron chi connectivity index (χ3n) is 4.49. The molecule has 0 saturated heterocycles. The SMILES string of the molecule is CCN(CC)c1nc(Nc2ccc(S(=O)(=O)O)cc2)nc(Nc2ccc(S(=O)(=O)O)cc2)n1. The predicted octanol–water partition coefficient (Wildman–Crippen LogP) is 2.70. The zero-order valence-electron chi connectivity index (χ0n) is 17.7. The highest BCUT2D eigenvalue weighted by Gasteiger charge is 2.14. The molecule has 0 aliphatic carbocycles. The zero-order valence-corrected chi connectivity index (χ0v) is 19.3. The minimum Gasteiger partial charge on any atom is -0.341 e. The first kappa shape index (κ1) is 24.3. The van der Waals surface area contributed by atoms with Crippen LogP contribution in [-0.4, -0.2) is 54.0 Å². The second-order valence-corrected chi connectivity index (χ2v) is 9.55. The smallest absolute Gasteiger partial charge is 0.294 e. The van der Waals surface area contributed by atoms with Crippen LogP contribution in [-0.2, 0) is 20.2 Å². The second kappa shape index (κ2) is 9.66. The van der Waals surface area contributed by atoms with E-state index in [4.69, 9.17) is 9.11 Å². The first-order chi connectivity index (χ1) is 15.5. The molecule has 1 heterocycles. The fourth-order valence-electron chi connectivity index (χ4n) is 2.80. The lowest BCUT2D eigenvalue weighted by molar-refractivity contribution is 0.481. The van der Waals surface area contributed by atoms with Crippen LogP contribution in [0.25, 0.3) is 0 Å². The number of nitrogens with one attached hydrogen (secondary N) is 2. The summed E-state index contributed by atoms with van der Waals surface area (Å²) in [6.45, 7) is 5.14. The van der Waals surface area contributed by atoms with Crippen molar-refractivity contribution in [2.45, 2.75) is 23.6 Å². The molecule has 3 aromatic rings. The molecule has 12 nitrogen and oxygen atoms in total. The highest BCUT2D eigenvalue weighted by molar-refractivity contribution is 7.86. The van der Waals surface area contributed by atoms with Gasteiger partial charge in [-0.2, -0.15) is 31.8 Å². The topological polar surface area (TPSA) is 175 Å². The van der Waals surface area contributed by atoms with Crippen LogP contribution < -0.4 is 15.5 Å². The Balaban J connectivity index is 1.92. The lowest BCUT2D eigenvalue weighted by Gasteiger charge is -2.20. The molecule has 0 bridgehead atoms. The maximum absolute atomic E-state index is 11.2. The fraction of sp³-hybridized carbons (Fsp3) is 0.211. The van der Waals surface area contributed by atoms with Crippen molar-refractivity contribution in [1.82, 2.24) is 15.0 Å². The van der Waals surface area contributed by atoms with Crippen molar-refractivity contribution >= 4 is 49.5 Å². The lowest BCUT2D eigenvalue weighted by Crippen LogP contribution is -2.25. The molecule has 0 radical (unpaired) electrons. The normalized spacial score (nSPS) is 11.8. The summed E-state index contributed by atoms with van der Waals surface area (Å²) >= 11 is 0.